The first-order valence-corrected chi connectivity index (χ1v) is 26.2. The topological polar surface area (TPSA) is 6.48 Å². The van der Waals surface area contributed by atoms with E-state index in [-0.39, 0.29) is 11.6 Å². The molecule has 0 saturated carbocycles. The Morgan fingerprint density at radius 1 is 0.276 bits per heavy atom. The van der Waals surface area contributed by atoms with Crippen molar-refractivity contribution < 1.29 is 8.78 Å². The van der Waals surface area contributed by atoms with Crippen molar-refractivity contribution in [2.24, 2.45) is 0 Å². The highest BCUT2D eigenvalue weighted by molar-refractivity contribution is 6.28. The number of aryl methyl sites for hydroxylation is 8. The maximum atomic E-state index is 18.6. The highest BCUT2D eigenvalue weighted by Gasteiger charge is 2.30. The minimum absolute atomic E-state index is 0.304. The molecule has 76 heavy (non-hydrogen) atoms. The largest absolute Gasteiger partial charge is 0.307 e. The first-order valence-electron chi connectivity index (χ1n) is 26.2. The molecule has 0 aliphatic carbocycles. The third kappa shape index (κ3) is 8.54. The molecule has 0 aliphatic rings. The van der Waals surface area contributed by atoms with Crippen LogP contribution in [0.3, 0.4) is 0 Å². The molecule has 12 aromatic rings. The van der Waals surface area contributed by atoms with Gasteiger partial charge in [0, 0.05) is 44.4 Å². The zero-order valence-corrected chi connectivity index (χ0v) is 44.3. The molecule has 0 N–H and O–H groups in total. The summed E-state index contributed by atoms with van der Waals surface area (Å²) in [5.74, 6) is -0.608. The van der Waals surface area contributed by atoms with Crippen molar-refractivity contribution >= 4 is 66.4 Å². The normalized spacial score (nSPS) is 11.6. The fourth-order valence-corrected chi connectivity index (χ4v) is 12.1. The SMILES string of the molecule is Cc1cc(C)cc(-c2ccc(-c3cc(C)cc(C)c3)c(N(c3ccccc3)c3ccc4ccc5c(N(c6ccccc6)c6c(-c7cc(C)cc(C)c7)ccc(-c7cc(C)cc(C)c7)c6F)ccc6ccc3c4c65)c2F)c1. The number of para-hydroxylation sites is 2. The number of hydrogen-bond acceptors (Lipinski definition) is 2. The summed E-state index contributed by atoms with van der Waals surface area (Å²) in [5, 5.41) is 6.10. The van der Waals surface area contributed by atoms with Crippen molar-refractivity contribution in [2.75, 3.05) is 9.80 Å². The van der Waals surface area contributed by atoms with E-state index in [9.17, 15) is 0 Å². The van der Waals surface area contributed by atoms with Crippen molar-refractivity contribution in [1.82, 2.24) is 0 Å². The lowest BCUT2D eigenvalue weighted by Crippen LogP contribution is -2.15. The first kappa shape index (κ1) is 48.1. The Bertz CT molecular complexity index is 3880. The molecule has 0 radical (unpaired) electrons. The van der Waals surface area contributed by atoms with Gasteiger partial charge in [-0.3, -0.25) is 0 Å². The molecule has 0 aromatic heterocycles. The second-order valence-corrected chi connectivity index (χ2v) is 21.1. The summed E-state index contributed by atoms with van der Waals surface area (Å²) in [6.45, 7) is 16.6. The Morgan fingerprint density at radius 2 is 0.553 bits per heavy atom. The summed E-state index contributed by atoms with van der Waals surface area (Å²) in [6.07, 6.45) is 0. The van der Waals surface area contributed by atoms with E-state index >= 15 is 8.78 Å². The average Bonchev–Trinajstić information content (AvgIpc) is 3.41. The van der Waals surface area contributed by atoms with Crippen LogP contribution in [0.25, 0.3) is 76.8 Å². The molecule has 0 amide bonds. The smallest absolute Gasteiger partial charge is 0.155 e. The second kappa shape index (κ2) is 19.1. The fourth-order valence-electron chi connectivity index (χ4n) is 12.1. The maximum absolute atomic E-state index is 18.6. The van der Waals surface area contributed by atoms with Crippen LogP contribution in [-0.2, 0) is 0 Å². The van der Waals surface area contributed by atoms with E-state index in [0.717, 1.165) is 133 Å². The van der Waals surface area contributed by atoms with Gasteiger partial charge in [0.05, 0.1) is 22.7 Å². The number of rotatable bonds is 10. The van der Waals surface area contributed by atoms with Gasteiger partial charge in [0.1, 0.15) is 0 Å². The van der Waals surface area contributed by atoms with E-state index in [1.54, 1.807) is 0 Å². The molecule has 0 fully saturated rings. The van der Waals surface area contributed by atoms with Crippen molar-refractivity contribution in [3.63, 3.8) is 0 Å². The Morgan fingerprint density at radius 3 is 0.868 bits per heavy atom. The van der Waals surface area contributed by atoms with Gasteiger partial charge in [0.25, 0.3) is 0 Å². The van der Waals surface area contributed by atoms with Crippen LogP contribution in [0.2, 0.25) is 0 Å². The quantitative estimate of drug-likeness (QED) is 0.126. The lowest BCUT2D eigenvalue weighted by Gasteiger charge is -2.32. The summed E-state index contributed by atoms with van der Waals surface area (Å²) in [7, 11) is 0. The van der Waals surface area contributed by atoms with Gasteiger partial charge in [-0.05, 0) is 136 Å². The fraction of sp³-hybridized carbons (Fsp3) is 0.111. The zero-order valence-electron chi connectivity index (χ0n) is 44.3. The first-order chi connectivity index (χ1) is 36.8. The van der Waals surface area contributed by atoms with Gasteiger partial charge in [-0.2, -0.15) is 0 Å². The van der Waals surface area contributed by atoms with E-state index in [2.05, 4.69) is 223 Å². The molecule has 0 spiro atoms. The van der Waals surface area contributed by atoms with E-state index in [1.807, 2.05) is 48.5 Å². The Balaban J connectivity index is 1.15. The van der Waals surface area contributed by atoms with Crippen molar-refractivity contribution in [2.45, 2.75) is 55.4 Å². The predicted octanol–water partition coefficient (Wildman–Crippen LogP) is 20.9. The van der Waals surface area contributed by atoms with Crippen LogP contribution in [0.4, 0.5) is 42.9 Å². The number of halogens is 2. The average molecular weight is 989 g/mol. The molecule has 0 heterocycles. The number of nitrogens with zero attached hydrogens (tertiary/aromatic N) is 2. The molecular weight excluding hydrogens is 931 g/mol. The lowest BCUT2D eigenvalue weighted by atomic mass is 9.90. The second-order valence-electron chi connectivity index (χ2n) is 21.1. The van der Waals surface area contributed by atoms with Crippen molar-refractivity contribution in [1.29, 1.82) is 0 Å². The van der Waals surface area contributed by atoms with Crippen LogP contribution < -0.4 is 9.80 Å². The highest BCUT2D eigenvalue weighted by atomic mass is 19.1. The predicted molar refractivity (Wildman–Crippen MR) is 319 cm³/mol. The van der Waals surface area contributed by atoms with E-state index in [1.165, 1.54) is 0 Å². The van der Waals surface area contributed by atoms with Crippen LogP contribution in [0.5, 0.6) is 0 Å². The molecule has 0 atom stereocenters. The third-order valence-corrected chi connectivity index (χ3v) is 14.9. The van der Waals surface area contributed by atoms with E-state index in [4.69, 9.17) is 0 Å². The zero-order chi connectivity index (χ0) is 52.5. The molecule has 0 saturated heterocycles. The molecule has 12 rings (SSSR count). The van der Waals surface area contributed by atoms with Crippen LogP contribution in [0.1, 0.15) is 44.5 Å². The highest BCUT2D eigenvalue weighted by Crippen LogP contribution is 2.52. The molecule has 0 aliphatic heterocycles. The Kier molecular flexibility index (Phi) is 12.1. The molecular formula is C72H58F2N2. The summed E-state index contributed by atoms with van der Waals surface area (Å²) in [5.41, 5.74) is 19.2. The lowest BCUT2D eigenvalue weighted by molar-refractivity contribution is 0.632. The molecule has 4 heteroatoms. The molecule has 2 nitrogen and oxygen atoms in total. The van der Waals surface area contributed by atoms with Crippen LogP contribution in [-0.4, -0.2) is 0 Å². The Hall–Kier alpha value is -8.86. The van der Waals surface area contributed by atoms with E-state index in [0.29, 0.717) is 22.5 Å². The monoisotopic (exact) mass is 988 g/mol. The summed E-state index contributed by atoms with van der Waals surface area (Å²) < 4.78 is 37.2. The van der Waals surface area contributed by atoms with Crippen LogP contribution >= 0.6 is 0 Å². The minimum atomic E-state index is -0.304. The maximum Gasteiger partial charge on any atom is 0.155 e. The summed E-state index contributed by atoms with van der Waals surface area (Å²) in [6, 6.07) is 71.3. The van der Waals surface area contributed by atoms with E-state index < -0.39 is 0 Å². The third-order valence-electron chi connectivity index (χ3n) is 14.9. The molecule has 0 unspecified atom stereocenters. The number of hydrogen-bond donors (Lipinski definition) is 0. The molecule has 0 bridgehead atoms. The van der Waals surface area contributed by atoms with Gasteiger partial charge < -0.3 is 9.80 Å². The molecule has 12 aromatic carbocycles. The minimum Gasteiger partial charge on any atom is -0.307 e. The number of benzene rings is 12. The summed E-state index contributed by atoms with van der Waals surface area (Å²) in [4.78, 5) is 4.25. The molecule has 370 valence electrons. The standard InChI is InChI=1S/C72H58F2N2/c1-43-31-44(2)36-53(35-43)59-25-27-61(55-39-47(5)33-48(6)40-55)71(69(59)73)75(57-15-11-9-12-16-57)65-29-21-51-20-24-64-66(30-22-52-19-23-63(65)67(51)68(52)64)76(58-17-13-10-14-18-58)72-62(56-41-49(7)34-50(8)42-56)28-26-60(70(72)74)54-37-45(3)32-46(4)38-54/h9-42H,1-8H3. The van der Waals surface area contributed by atoms with Gasteiger partial charge in [-0.25, -0.2) is 8.78 Å². The van der Waals surface area contributed by atoms with Crippen molar-refractivity contribution in [3.8, 4) is 44.5 Å². The van der Waals surface area contributed by atoms with Gasteiger partial charge in [-0.15, -0.1) is 0 Å². The van der Waals surface area contributed by atoms with Gasteiger partial charge in [0.15, 0.2) is 11.6 Å². The van der Waals surface area contributed by atoms with Gasteiger partial charge in [0.2, 0.25) is 0 Å². The Labute approximate surface area is 445 Å². The van der Waals surface area contributed by atoms with Crippen LogP contribution in [0, 0.1) is 67.0 Å². The van der Waals surface area contributed by atoms with Gasteiger partial charge in [-0.1, -0.05) is 214 Å². The summed E-state index contributed by atoms with van der Waals surface area (Å²) >= 11 is 0. The number of anilines is 6. The van der Waals surface area contributed by atoms with Crippen molar-refractivity contribution in [3.05, 3.63) is 262 Å². The van der Waals surface area contributed by atoms with Gasteiger partial charge >= 0.3 is 0 Å². The van der Waals surface area contributed by atoms with Crippen LogP contribution in [0.15, 0.2) is 206 Å².